The molecule has 0 saturated heterocycles. The second-order valence-corrected chi connectivity index (χ2v) is 2.50. The summed E-state index contributed by atoms with van der Waals surface area (Å²) in [5.74, 6) is 1.74. The highest BCUT2D eigenvalue weighted by Crippen LogP contribution is 2.22. The maximum Gasteiger partial charge on any atom is -0.0233 e. The van der Waals surface area contributed by atoms with Crippen LogP contribution in [0.5, 0.6) is 0 Å². The van der Waals surface area contributed by atoms with Crippen LogP contribution < -0.4 is 0 Å². The Labute approximate surface area is 45.2 Å². The smallest absolute Gasteiger partial charge is 0.0233 e. The maximum atomic E-state index is 2.30. The summed E-state index contributed by atoms with van der Waals surface area (Å²) in [6, 6.07) is 0. The Hall–Kier alpha value is -0.260. The van der Waals surface area contributed by atoms with Crippen LogP contribution in [-0.4, -0.2) is 0 Å². The van der Waals surface area contributed by atoms with Crippen molar-refractivity contribution >= 4 is 0 Å². The molecule has 1 unspecified atom stereocenters. The van der Waals surface area contributed by atoms with Crippen LogP contribution >= 0.6 is 0 Å². The van der Waals surface area contributed by atoms with Crippen molar-refractivity contribution in [3.8, 4) is 0 Å². The van der Waals surface area contributed by atoms with Crippen molar-refractivity contribution < 1.29 is 0 Å². The van der Waals surface area contributed by atoms with Crippen molar-refractivity contribution in [2.45, 2.75) is 20.3 Å². The maximum absolute atomic E-state index is 2.30. The van der Waals surface area contributed by atoms with Crippen LogP contribution in [0.4, 0.5) is 0 Å². The van der Waals surface area contributed by atoms with Crippen molar-refractivity contribution in [1.29, 1.82) is 0 Å². The van der Waals surface area contributed by atoms with Gasteiger partial charge in [-0.25, -0.2) is 0 Å². The molecule has 1 rings (SSSR count). The van der Waals surface area contributed by atoms with E-state index in [1.807, 2.05) is 0 Å². The third kappa shape index (κ3) is 0.846. The zero-order valence-corrected chi connectivity index (χ0v) is 5.02. The second kappa shape index (κ2) is 1.69. The molecular weight excluding hydrogens is 84.1 g/mol. The van der Waals surface area contributed by atoms with Crippen molar-refractivity contribution in [1.82, 2.24) is 0 Å². The summed E-state index contributed by atoms with van der Waals surface area (Å²) < 4.78 is 0. The van der Waals surface area contributed by atoms with Gasteiger partial charge in [0, 0.05) is 0 Å². The summed E-state index contributed by atoms with van der Waals surface area (Å²) in [5.41, 5.74) is 0. The van der Waals surface area contributed by atoms with E-state index in [2.05, 4.69) is 26.0 Å². The van der Waals surface area contributed by atoms with Crippen molar-refractivity contribution in [2.24, 2.45) is 11.8 Å². The van der Waals surface area contributed by atoms with Gasteiger partial charge in [-0.1, -0.05) is 26.0 Å². The molecule has 7 heavy (non-hydrogen) atoms. The number of hydrogen-bond donors (Lipinski definition) is 0. The molecule has 0 aliphatic heterocycles. The minimum atomic E-state index is 0.833. The van der Waals surface area contributed by atoms with E-state index < -0.39 is 0 Å². The SMILES string of the molecule is CC1C=CC[C@@H]1C. The molecule has 0 heteroatoms. The van der Waals surface area contributed by atoms with Crippen molar-refractivity contribution in [2.75, 3.05) is 0 Å². The first kappa shape index (κ1) is 4.89. The molecule has 0 amide bonds. The summed E-state index contributed by atoms with van der Waals surface area (Å²) in [7, 11) is 0. The number of allylic oxidation sites excluding steroid dienone is 2. The quantitative estimate of drug-likeness (QED) is 0.406. The van der Waals surface area contributed by atoms with E-state index in [-0.39, 0.29) is 0 Å². The molecule has 0 heterocycles. The van der Waals surface area contributed by atoms with Crippen LogP contribution in [0, 0.1) is 11.8 Å². The molecule has 2 atom stereocenters. The number of rotatable bonds is 0. The van der Waals surface area contributed by atoms with Gasteiger partial charge in [0.15, 0.2) is 0 Å². The van der Waals surface area contributed by atoms with Crippen molar-refractivity contribution in [3.05, 3.63) is 12.2 Å². The third-order valence-corrected chi connectivity index (χ3v) is 1.85. The van der Waals surface area contributed by atoms with Gasteiger partial charge in [-0.3, -0.25) is 0 Å². The normalized spacial score (nSPS) is 39.7. The Bertz CT molecular complexity index is 82.0. The van der Waals surface area contributed by atoms with Gasteiger partial charge in [0.2, 0.25) is 0 Å². The van der Waals surface area contributed by atoms with Gasteiger partial charge >= 0.3 is 0 Å². The molecule has 0 aromatic carbocycles. The van der Waals surface area contributed by atoms with E-state index in [9.17, 15) is 0 Å². The fraction of sp³-hybridized carbons (Fsp3) is 0.714. The van der Waals surface area contributed by atoms with E-state index >= 15 is 0 Å². The molecule has 0 aromatic heterocycles. The Balaban J connectivity index is 2.45. The lowest BCUT2D eigenvalue weighted by molar-refractivity contribution is 0.498. The first-order valence-corrected chi connectivity index (χ1v) is 2.97. The average molecular weight is 96.2 g/mol. The largest absolute Gasteiger partial charge is 0.0880 e. The van der Waals surface area contributed by atoms with E-state index in [1.54, 1.807) is 0 Å². The molecule has 0 bridgehead atoms. The average Bonchev–Trinajstić information content (AvgIpc) is 1.91. The Morgan fingerprint density at radius 3 is 2.29 bits per heavy atom. The molecule has 40 valence electrons. The number of hydrogen-bond acceptors (Lipinski definition) is 0. The summed E-state index contributed by atoms with van der Waals surface area (Å²) in [6.07, 6.45) is 5.86. The van der Waals surface area contributed by atoms with Gasteiger partial charge < -0.3 is 0 Å². The predicted octanol–water partition coefficient (Wildman–Crippen LogP) is 2.22. The van der Waals surface area contributed by atoms with Gasteiger partial charge in [-0.2, -0.15) is 0 Å². The highest BCUT2D eigenvalue weighted by atomic mass is 14.2. The molecule has 0 fully saturated rings. The highest BCUT2D eigenvalue weighted by Gasteiger charge is 2.11. The van der Waals surface area contributed by atoms with Crippen LogP contribution in [0.2, 0.25) is 0 Å². The second-order valence-electron chi connectivity index (χ2n) is 2.50. The van der Waals surface area contributed by atoms with E-state index in [0.29, 0.717) is 0 Å². The fourth-order valence-corrected chi connectivity index (χ4v) is 0.912. The lowest BCUT2D eigenvalue weighted by Crippen LogP contribution is -1.96. The summed E-state index contributed by atoms with van der Waals surface area (Å²) in [5, 5.41) is 0. The van der Waals surface area contributed by atoms with E-state index in [1.165, 1.54) is 6.42 Å². The molecule has 0 N–H and O–H groups in total. The fourth-order valence-electron chi connectivity index (χ4n) is 0.912. The van der Waals surface area contributed by atoms with Gasteiger partial charge in [0.25, 0.3) is 0 Å². The minimum absolute atomic E-state index is 0.833. The van der Waals surface area contributed by atoms with Crippen LogP contribution in [0.25, 0.3) is 0 Å². The zero-order chi connectivity index (χ0) is 5.28. The molecule has 0 aromatic rings. The van der Waals surface area contributed by atoms with Gasteiger partial charge in [-0.15, -0.1) is 0 Å². The monoisotopic (exact) mass is 96.1 g/mol. The predicted molar refractivity (Wildman–Crippen MR) is 32.1 cm³/mol. The van der Waals surface area contributed by atoms with Crippen LogP contribution in [0.1, 0.15) is 20.3 Å². The Kier molecular flexibility index (Phi) is 1.18. The minimum Gasteiger partial charge on any atom is -0.0880 e. The van der Waals surface area contributed by atoms with Gasteiger partial charge in [-0.05, 0) is 18.3 Å². The van der Waals surface area contributed by atoms with Gasteiger partial charge in [0.05, 0.1) is 0 Å². The molecule has 0 spiro atoms. The van der Waals surface area contributed by atoms with Crippen LogP contribution in [-0.2, 0) is 0 Å². The zero-order valence-electron chi connectivity index (χ0n) is 5.02. The molecule has 1 aliphatic carbocycles. The molecule has 0 saturated carbocycles. The molecule has 0 nitrogen and oxygen atoms in total. The Morgan fingerprint density at radius 2 is 2.14 bits per heavy atom. The summed E-state index contributed by atoms with van der Waals surface area (Å²) >= 11 is 0. The summed E-state index contributed by atoms with van der Waals surface area (Å²) in [4.78, 5) is 0. The first-order chi connectivity index (χ1) is 3.30. The highest BCUT2D eigenvalue weighted by molar-refractivity contribution is 4.97. The van der Waals surface area contributed by atoms with E-state index in [0.717, 1.165) is 11.8 Å². The van der Waals surface area contributed by atoms with Crippen LogP contribution in [0.3, 0.4) is 0 Å². The summed E-state index contributed by atoms with van der Waals surface area (Å²) in [6.45, 7) is 4.57. The third-order valence-electron chi connectivity index (χ3n) is 1.85. The van der Waals surface area contributed by atoms with Crippen molar-refractivity contribution in [3.63, 3.8) is 0 Å². The van der Waals surface area contributed by atoms with Crippen LogP contribution in [0.15, 0.2) is 12.2 Å². The lowest BCUT2D eigenvalue weighted by atomic mass is 10.0. The Morgan fingerprint density at radius 1 is 1.43 bits per heavy atom. The molecule has 1 aliphatic rings. The van der Waals surface area contributed by atoms with Gasteiger partial charge in [0.1, 0.15) is 0 Å². The molecule has 0 radical (unpaired) electrons. The lowest BCUT2D eigenvalue weighted by Gasteiger charge is -2.04. The topological polar surface area (TPSA) is 0 Å². The van der Waals surface area contributed by atoms with E-state index in [4.69, 9.17) is 0 Å². The molecular formula is C7H12. The first-order valence-electron chi connectivity index (χ1n) is 2.97. The standard InChI is InChI=1S/C7H12/c1-6-4-3-5-7(6)2/h3-4,6-7H,5H2,1-2H3/t6?,7-/m0/s1.